The average molecular weight is 242 g/mol. The molecule has 0 unspecified atom stereocenters. The van der Waals surface area contributed by atoms with Crippen molar-refractivity contribution in [1.29, 1.82) is 0 Å². The molecule has 96 valence electrons. The van der Waals surface area contributed by atoms with E-state index in [0.717, 1.165) is 5.69 Å². The van der Waals surface area contributed by atoms with Crippen LogP contribution in [-0.2, 0) is 12.5 Å². The lowest BCUT2D eigenvalue weighted by molar-refractivity contribution is 0.520. The number of aromatic nitrogens is 2. The number of rotatable bonds is 1. The molecule has 0 saturated heterocycles. The predicted molar refractivity (Wildman–Crippen MR) is 76.8 cm³/mol. The minimum Gasteiger partial charge on any atom is -0.271 e. The van der Waals surface area contributed by atoms with Crippen molar-refractivity contribution in [3.8, 4) is 11.3 Å². The van der Waals surface area contributed by atoms with Crippen LogP contribution in [0.25, 0.3) is 11.3 Å². The molecule has 0 radical (unpaired) electrons. The highest BCUT2D eigenvalue weighted by molar-refractivity contribution is 5.64. The van der Waals surface area contributed by atoms with Crippen LogP contribution in [0.1, 0.15) is 37.6 Å². The summed E-state index contributed by atoms with van der Waals surface area (Å²) in [6.45, 7) is 11.0. The third-order valence-corrected chi connectivity index (χ3v) is 3.32. The number of benzene rings is 1. The molecule has 0 aliphatic rings. The summed E-state index contributed by atoms with van der Waals surface area (Å²) in [6.07, 6.45) is 0. The van der Waals surface area contributed by atoms with Gasteiger partial charge >= 0.3 is 0 Å². The van der Waals surface area contributed by atoms with E-state index >= 15 is 0 Å². The van der Waals surface area contributed by atoms with Gasteiger partial charge in [-0.05, 0) is 19.4 Å². The molecule has 2 heteroatoms. The molecule has 2 nitrogen and oxygen atoms in total. The highest BCUT2D eigenvalue weighted by Gasteiger charge is 2.24. The van der Waals surface area contributed by atoms with Gasteiger partial charge in [0.2, 0.25) is 0 Å². The first-order chi connectivity index (χ1) is 8.30. The number of hydrogen-bond acceptors (Lipinski definition) is 1. The molecule has 18 heavy (non-hydrogen) atoms. The molecule has 0 bridgehead atoms. The van der Waals surface area contributed by atoms with Gasteiger partial charge in [-0.2, -0.15) is 5.10 Å². The van der Waals surface area contributed by atoms with Crippen LogP contribution in [-0.4, -0.2) is 9.78 Å². The van der Waals surface area contributed by atoms with E-state index in [2.05, 4.69) is 58.9 Å². The van der Waals surface area contributed by atoms with Crippen molar-refractivity contribution in [3.63, 3.8) is 0 Å². The minimum atomic E-state index is 0.120. The monoisotopic (exact) mass is 242 g/mol. The van der Waals surface area contributed by atoms with E-state index in [9.17, 15) is 0 Å². The van der Waals surface area contributed by atoms with Crippen LogP contribution in [0, 0.1) is 13.8 Å². The third-order valence-electron chi connectivity index (χ3n) is 3.32. The van der Waals surface area contributed by atoms with E-state index in [1.54, 1.807) is 0 Å². The van der Waals surface area contributed by atoms with Crippen molar-refractivity contribution in [2.45, 2.75) is 40.0 Å². The molecule has 2 rings (SSSR count). The first kappa shape index (κ1) is 12.9. The summed E-state index contributed by atoms with van der Waals surface area (Å²) in [6, 6.07) is 8.58. The first-order valence-corrected chi connectivity index (χ1v) is 6.42. The Morgan fingerprint density at radius 3 is 2.00 bits per heavy atom. The maximum atomic E-state index is 4.69. The maximum absolute atomic E-state index is 4.69. The number of aryl methyl sites for hydroxylation is 2. The van der Waals surface area contributed by atoms with Gasteiger partial charge in [-0.15, -0.1) is 0 Å². The molecule has 1 aromatic heterocycles. The third kappa shape index (κ3) is 2.20. The Morgan fingerprint density at radius 2 is 1.56 bits per heavy atom. The fraction of sp³-hybridized carbons (Fsp3) is 0.438. The lowest BCUT2D eigenvalue weighted by atomic mass is 9.88. The van der Waals surface area contributed by atoms with Crippen LogP contribution in [0.15, 0.2) is 24.3 Å². The second kappa shape index (κ2) is 4.27. The maximum Gasteiger partial charge on any atom is 0.0955 e. The summed E-state index contributed by atoms with van der Waals surface area (Å²) in [5.41, 5.74) is 6.29. The van der Waals surface area contributed by atoms with Crippen molar-refractivity contribution < 1.29 is 0 Å². The number of nitrogens with zero attached hydrogens (tertiary/aromatic N) is 2. The Labute approximate surface area is 110 Å². The zero-order chi connectivity index (χ0) is 13.5. The zero-order valence-electron chi connectivity index (χ0n) is 12.2. The van der Waals surface area contributed by atoms with Gasteiger partial charge in [-0.25, -0.2) is 0 Å². The Kier molecular flexibility index (Phi) is 3.05. The molecular weight excluding hydrogens is 220 g/mol. The van der Waals surface area contributed by atoms with Crippen LogP contribution >= 0.6 is 0 Å². The highest BCUT2D eigenvalue weighted by Crippen LogP contribution is 2.31. The summed E-state index contributed by atoms with van der Waals surface area (Å²) >= 11 is 0. The Morgan fingerprint density at radius 1 is 1.00 bits per heavy atom. The van der Waals surface area contributed by atoms with Gasteiger partial charge in [-0.1, -0.05) is 50.6 Å². The lowest BCUT2D eigenvalue weighted by Crippen LogP contribution is -2.17. The molecule has 1 aromatic carbocycles. The fourth-order valence-corrected chi connectivity index (χ4v) is 2.66. The van der Waals surface area contributed by atoms with E-state index in [0.29, 0.717) is 0 Å². The van der Waals surface area contributed by atoms with E-state index in [4.69, 9.17) is 5.10 Å². The molecule has 0 atom stereocenters. The standard InChI is InChI=1S/C16H22N2/c1-11-7-9-13(10-8-11)14-12(2)15(16(3,4)5)18(6)17-14/h7-10H,1-6H3. The minimum absolute atomic E-state index is 0.120. The molecule has 0 aliphatic heterocycles. The zero-order valence-corrected chi connectivity index (χ0v) is 12.2. The molecule has 0 N–H and O–H groups in total. The van der Waals surface area contributed by atoms with Crippen LogP contribution in [0.4, 0.5) is 0 Å². The van der Waals surface area contributed by atoms with Gasteiger partial charge < -0.3 is 0 Å². The van der Waals surface area contributed by atoms with E-state index in [-0.39, 0.29) is 5.41 Å². The van der Waals surface area contributed by atoms with Gasteiger partial charge in [0.1, 0.15) is 0 Å². The molecular formula is C16H22N2. The second-order valence-electron chi connectivity index (χ2n) is 6.06. The van der Waals surface area contributed by atoms with Crippen LogP contribution in [0.5, 0.6) is 0 Å². The molecule has 0 saturated carbocycles. The topological polar surface area (TPSA) is 17.8 Å². The van der Waals surface area contributed by atoms with Gasteiger partial charge in [-0.3, -0.25) is 4.68 Å². The van der Waals surface area contributed by atoms with Gasteiger partial charge in [0, 0.05) is 23.7 Å². The Balaban J connectivity index is 2.57. The second-order valence-corrected chi connectivity index (χ2v) is 6.06. The molecule has 0 fully saturated rings. The molecule has 1 heterocycles. The van der Waals surface area contributed by atoms with E-state index in [1.807, 2.05) is 11.7 Å². The smallest absolute Gasteiger partial charge is 0.0955 e. The van der Waals surface area contributed by atoms with E-state index < -0.39 is 0 Å². The van der Waals surface area contributed by atoms with Gasteiger partial charge in [0.05, 0.1) is 5.69 Å². The largest absolute Gasteiger partial charge is 0.271 e. The molecule has 0 amide bonds. The quantitative estimate of drug-likeness (QED) is 0.739. The van der Waals surface area contributed by atoms with Gasteiger partial charge in [0.25, 0.3) is 0 Å². The first-order valence-electron chi connectivity index (χ1n) is 6.42. The molecule has 0 aliphatic carbocycles. The summed E-state index contributed by atoms with van der Waals surface area (Å²) in [5, 5.41) is 4.69. The summed E-state index contributed by atoms with van der Waals surface area (Å²) in [7, 11) is 2.03. The highest BCUT2D eigenvalue weighted by atomic mass is 15.3. The van der Waals surface area contributed by atoms with E-state index in [1.165, 1.54) is 22.4 Å². The van der Waals surface area contributed by atoms with Gasteiger partial charge in [0.15, 0.2) is 0 Å². The van der Waals surface area contributed by atoms with Crippen molar-refractivity contribution >= 4 is 0 Å². The SMILES string of the molecule is Cc1ccc(-c2nn(C)c(C(C)(C)C)c2C)cc1. The Hall–Kier alpha value is -1.57. The lowest BCUT2D eigenvalue weighted by Gasteiger charge is -2.20. The van der Waals surface area contributed by atoms with Crippen molar-refractivity contribution in [1.82, 2.24) is 9.78 Å². The van der Waals surface area contributed by atoms with Crippen LogP contribution in [0.3, 0.4) is 0 Å². The summed E-state index contributed by atoms with van der Waals surface area (Å²) < 4.78 is 2.02. The van der Waals surface area contributed by atoms with Crippen LogP contribution in [0.2, 0.25) is 0 Å². The predicted octanol–water partition coefficient (Wildman–Crippen LogP) is 4.00. The van der Waals surface area contributed by atoms with Crippen molar-refractivity contribution in [3.05, 3.63) is 41.1 Å². The summed E-state index contributed by atoms with van der Waals surface area (Å²) in [5.74, 6) is 0. The fourth-order valence-electron chi connectivity index (χ4n) is 2.66. The Bertz CT molecular complexity index is 554. The molecule has 0 spiro atoms. The summed E-state index contributed by atoms with van der Waals surface area (Å²) in [4.78, 5) is 0. The molecule has 2 aromatic rings. The normalized spacial score (nSPS) is 11.9. The van der Waals surface area contributed by atoms with Crippen molar-refractivity contribution in [2.75, 3.05) is 0 Å². The number of hydrogen-bond donors (Lipinski definition) is 0. The van der Waals surface area contributed by atoms with Crippen LogP contribution < -0.4 is 0 Å². The van der Waals surface area contributed by atoms with Crippen molar-refractivity contribution in [2.24, 2.45) is 7.05 Å². The average Bonchev–Trinajstić information content (AvgIpc) is 2.54.